The van der Waals surface area contributed by atoms with Crippen LogP contribution in [0.2, 0.25) is 5.02 Å². The van der Waals surface area contributed by atoms with Gasteiger partial charge in [0.05, 0.1) is 11.3 Å². The average molecular weight is 375 g/mol. The second kappa shape index (κ2) is 7.70. The number of nitrogens with zero attached hydrogens (tertiary/aromatic N) is 4. The number of nitro groups is 1. The molecule has 1 aliphatic heterocycles. The number of rotatable bonds is 4. The van der Waals surface area contributed by atoms with Gasteiger partial charge in [-0.15, -0.1) is 0 Å². The Morgan fingerprint density at radius 2 is 1.96 bits per heavy atom. The van der Waals surface area contributed by atoms with E-state index < -0.39 is 4.92 Å². The number of benzene rings is 1. The Labute approximate surface area is 156 Å². The normalized spacial score (nSPS) is 14.4. The van der Waals surface area contributed by atoms with Crippen LogP contribution in [-0.2, 0) is 11.2 Å². The van der Waals surface area contributed by atoms with Gasteiger partial charge in [-0.1, -0.05) is 29.8 Å². The Bertz CT molecular complexity index is 835. The molecule has 2 heterocycles. The minimum atomic E-state index is -0.433. The lowest BCUT2D eigenvalue weighted by Crippen LogP contribution is -2.49. The lowest BCUT2D eigenvalue weighted by molar-refractivity contribution is -0.385. The molecule has 0 bridgehead atoms. The van der Waals surface area contributed by atoms with Crippen molar-refractivity contribution in [2.45, 2.75) is 13.3 Å². The van der Waals surface area contributed by atoms with E-state index >= 15 is 0 Å². The Morgan fingerprint density at radius 1 is 1.27 bits per heavy atom. The zero-order chi connectivity index (χ0) is 18.7. The summed E-state index contributed by atoms with van der Waals surface area (Å²) in [5.41, 5.74) is 1.42. The summed E-state index contributed by atoms with van der Waals surface area (Å²) < 4.78 is 0. The molecule has 0 atom stereocenters. The van der Waals surface area contributed by atoms with E-state index in [9.17, 15) is 14.9 Å². The first-order valence-electron chi connectivity index (χ1n) is 8.33. The Balaban J connectivity index is 1.60. The molecule has 0 N–H and O–H groups in total. The predicted molar refractivity (Wildman–Crippen MR) is 99.6 cm³/mol. The van der Waals surface area contributed by atoms with Crippen LogP contribution in [0.25, 0.3) is 0 Å². The number of carbonyl (C=O) groups excluding carboxylic acids is 1. The first-order valence-corrected chi connectivity index (χ1v) is 8.70. The van der Waals surface area contributed by atoms with Gasteiger partial charge in [0, 0.05) is 36.8 Å². The molecule has 0 saturated carbocycles. The van der Waals surface area contributed by atoms with Crippen LogP contribution >= 0.6 is 11.6 Å². The standard InChI is InChI=1S/C18H19ClN4O3/c1-13-10-17(20-12-16(13)23(25)26)21-6-8-22(9-7-21)18(24)11-14-4-2-3-5-15(14)19/h2-5,10,12H,6-9,11H2,1H3. The number of hydrogen-bond donors (Lipinski definition) is 0. The van der Waals surface area contributed by atoms with Crippen LogP contribution in [0.3, 0.4) is 0 Å². The van der Waals surface area contributed by atoms with Crippen LogP contribution in [0.15, 0.2) is 36.5 Å². The number of halogens is 1. The SMILES string of the molecule is Cc1cc(N2CCN(C(=O)Cc3ccccc3Cl)CC2)ncc1[N+](=O)[O-]. The lowest BCUT2D eigenvalue weighted by Gasteiger charge is -2.35. The van der Waals surface area contributed by atoms with Crippen molar-refractivity contribution in [1.29, 1.82) is 0 Å². The van der Waals surface area contributed by atoms with E-state index in [1.165, 1.54) is 6.20 Å². The van der Waals surface area contributed by atoms with Gasteiger partial charge >= 0.3 is 0 Å². The Kier molecular flexibility index (Phi) is 5.37. The number of anilines is 1. The zero-order valence-electron chi connectivity index (χ0n) is 14.4. The highest BCUT2D eigenvalue weighted by Crippen LogP contribution is 2.22. The smallest absolute Gasteiger partial charge is 0.290 e. The van der Waals surface area contributed by atoms with E-state index in [1.54, 1.807) is 19.1 Å². The van der Waals surface area contributed by atoms with Crippen LogP contribution < -0.4 is 4.90 Å². The van der Waals surface area contributed by atoms with E-state index in [0.29, 0.717) is 42.6 Å². The van der Waals surface area contributed by atoms with E-state index in [4.69, 9.17) is 11.6 Å². The van der Waals surface area contributed by atoms with Gasteiger partial charge in [0.2, 0.25) is 5.91 Å². The van der Waals surface area contributed by atoms with Crippen LogP contribution in [0.5, 0.6) is 0 Å². The van der Waals surface area contributed by atoms with Crippen LogP contribution in [0, 0.1) is 17.0 Å². The fourth-order valence-electron chi connectivity index (χ4n) is 3.00. The van der Waals surface area contributed by atoms with Crippen molar-refractivity contribution >= 4 is 29.0 Å². The summed E-state index contributed by atoms with van der Waals surface area (Å²) in [6.45, 7) is 4.14. The molecular weight excluding hydrogens is 356 g/mol. The summed E-state index contributed by atoms with van der Waals surface area (Å²) in [7, 11) is 0. The minimum Gasteiger partial charge on any atom is -0.353 e. The number of hydrogen-bond acceptors (Lipinski definition) is 5. The van der Waals surface area contributed by atoms with Crippen molar-refractivity contribution in [2.24, 2.45) is 0 Å². The quantitative estimate of drug-likeness (QED) is 0.607. The second-order valence-electron chi connectivity index (χ2n) is 6.22. The van der Waals surface area contributed by atoms with Gasteiger partial charge in [0.25, 0.3) is 5.69 Å². The van der Waals surface area contributed by atoms with Crippen LogP contribution in [-0.4, -0.2) is 46.9 Å². The fraction of sp³-hybridized carbons (Fsp3) is 0.333. The molecule has 7 nitrogen and oxygen atoms in total. The highest BCUT2D eigenvalue weighted by molar-refractivity contribution is 6.31. The number of pyridine rings is 1. The molecule has 1 aromatic heterocycles. The van der Waals surface area contributed by atoms with Crippen LogP contribution in [0.1, 0.15) is 11.1 Å². The molecule has 1 amide bonds. The lowest BCUT2D eigenvalue weighted by atomic mass is 10.1. The Hall–Kier alpha value is -2.67. The van der Waals surface area contributed by atoms with Crippen molar-refractivity contribution < 1.29 is 9.72 Å². The summed E-state index contributed by atoms with van der Waals surface area (Å²) in [5.74, 6) is 0.747. The van der Waals surface area contributed by atoms with Crippen molar-refractivity contribution in [2.75, 3.05) is 31.1 Å². The number of aryl methyl sites for hydroxylation is 1. The maximum absolute atomic E-state index is 12.5. The molecule has 3 rings (SSSR count). The molecule has 26 heavy (non-hydrogen) atoms. The van der Waals surface area contributed by atoms with Gasteiger partial charge in [-0.2, -0.15) is 0 Å². The summed E-state index contributed by atoms with van der Waals surface area (Å²) in [6, 6.07) is 9.08. The van der Waals surface area contributed by atoms with Gasteiger partial charge < -0.3 is 9.80 Å². The third-order valence-corrected chi connectivity index (χ3v) is 4.89. The summed E-state index contributed by atoms with van der Waals surface area (Å²) in [4.78, 5) is 31.0. The van der Waals surface area contributed by atoms with Crippen molar-refractivity contribution in [3.05, 3.63) is 62.8 Å². The molecule has 0 aliphatic carbocycles. The van der Waals surface area contributed by atoms with Gasteiger partial charge in [-0.3, -0.25) is 14.9 Å². The third kappa shape index (κ3) is 3.94. The van der Waals surface area contributed by atoms with Crippen molar-refractivity contribution in [1.82, 2.24) is 9.88 Å². The second-order valence-corrected chi connectivity index (χ2v) is 6.63. The van der Waals surface area contributed by atoms with Gasteiger partial charge in [0.1, 0.15) is 12.0 Å². The molecule has 136 valence electrons. The maximum atomic E-state index is 12.5. The predicted octanol–water partition coefficient (Wildman–Crippen LogP) is 2.84. The molecule has 8 heteroatoms. The Morgan fingerprint density at radius 3 is 2.58 bits per heavy atom. The summed E-state index contributed by atoms with van der Waals surface area (Å²) >= 11 is 6.13. The molecule has 0 radical (unpaired) electrons. The molecule has 2 aromatic rings. The zero-order valence-corrected chi connectivity index (χ0v) is 15.1. The maximum Gasteiger partial charge on any atom is 0.290 e. The third-order valence-electron chi connectivity index (χ3n) is 4.52. The average Bonchev–Trinajstić information content (AvgIpc) is 2.63. The first kappa shape index (κ1) is 18.1. The summed E-state index contributed by atoms with van der Waals surface area (Å²) in [6.07, 6.45) is 1.58. The summed E-state index contributed by atoms with van der Waals surface area (Å²) in [5, 5.41) is 11.5. The monoisotopic (exact) mass is 374 g/mol. The molecule has 1 aromatic carbocycles. The number of amides is 1. The highest BCUT2D eigenvalue weighted by Gasteiger charge is 2.23. The van der Waals surface area contributed by atoms with E-state index in [1.807, 2.05) is 28.0 Å². The van der Waals surface area contributed by atoms with E-state index in [2.05, 4.69) is 4.98 Å². The minimum absolute atomic E-state index is 0.0160. The molecule has 0 unspecified atom stereocenters. The fourth-order valence-corrected chi connectivity index (χ4v) is 3.20. The van der Waals surface area contributed by atoms with Gasteiger partial charge in [-0.05, 0) is 24.6 Å². The molecule has 0 spiro atoms. The van der Waals surface area contributed by atoms with Crippen LogP contribution in [0.4, 0.5) is 11.5 Å². The van der Waals surface area contributed by atoms with Gasteiger partial charge in [0.15, 0.2) is 0 Å². The molecular formula is C18H19ClN4O3. The molecule has 1 saturated heterocycles. The van der Waals surface area contributed by atoms with Gasteiger partial charge in [-0.25, -0.2) is 4.98 Å². The number of aromatic nitrogens is 1. The van der Waals surface area contributed by atoms with E-state index in [-0.39, 0.29) is 18.0 Å². The van der Waals surface area contributed by atoms with Crippen molar-refractivity contribution in [3.63, 3.8) is 0 Å². The topological polar surface area (TPSA) is 79.6 Å². The first-order chi connectivity index (χ1) is 12.5. The molecule has 1 aliphatic rings. The van der Waals surface area contributed by atoms with Crippen molar-refractivity contribution in [3.8, 4) is 0 Å². The highest BCUT2D eigenvalue weighted by atomic mass is 35.5. The largest absolute Gasteiger partial charge is 0.353 e. The van der Waals surface area contributed by atoms with E-state index in [0.717, 1.165) is 5.56 Å². The number of carbonyl (C=O) groups is 1. The number of piperazine rings is 1. The molecule has 1 fully saturated rings.